The first kappa shape index (κ1) is 26.1. The Kier molecular flexibility index (Phi) is 12.0. The molecule has 3 atom stereocenters. The molecule has 0 saturated heterocycles. The van der Waals surface area contributed by atoms with Crippen molar-refractivity contribution in [3.8, 4) is 0 Å². The molecular formula is C17H33N7O5. The lowest BCUT2D eigenvalue weighted by Gasteiger charge is -2.23. The van der Waals surface area contributed by atoms with Crippen LogP contribution in [-0.2, 0) is 19.2 Å². The number of carbonyl (C=O) groups is 4. The van der Waals surface area contributed by atoms with Crippen molar-refractivity contribution >= 4 is 29.7 Å². The quantitative estimate of drug-likeness (QED) is 0.0975. The number of rotatable bonds is 13. The van der Waals surface area contributed by atoms with Gasteiger partial charge >= 0.3 is 5.97 Å². The Hall–Kier alpha value is -2.89. The van der Waals surface area contributed by atoms with Crippen molar-refractivity contribution in [1.29, 1.82) is 0 Å². The second kappa shape index (κ2) is 13.3. The van der Waals surface area contributed by atoms with Crippen molar-refractivity contribution in [2.45, 2.75) is 58.2 Å². The third kappa shape index (κ3) is 12.2. The molecule has 29 heavy (non-hydrogen) atoms. The maximum atomic E-state index is 12.4. The van der Waals surface area contributed by atoms with Crippen molar-refractivity contribution < 1.29 is 24.3 Å². The first-order valence-corrected chi connectivity index (χ1v) is 9.35. The fourth-order valence-electron chi connectivity index (χ4n) is 2.32. The molecule has 0 bridgehead atoms. The zero-order valence-corrected chi connectivity index (χ0v) is 17.1. The highest BCUT2D eigenvalue weighted by molar-refractivity contribution is 5.93. The Morgan fingerprint density at radius 2 is 1.62 bits per heavy atom. The molecule has 3 amide bonds. The van der Waals surface area contributed by atoms with Crippen LogP contribution in [0.25, 0.3) is 0 Å². The lowest BCUT2D eigenvalue weighted by Crippen LogP contribution is -2.55. The summed E-state index contributed by atoms with van der Waals surface area (Å²) in [6, 6.07) is -2.70. The van der Waals surface area contributed by atoms with Crippen molar-refractivity contribution in [3.63, 3.8) is 0 Å². The van der Waals surface area contributed by atoms with E-state index in [4.69, 9.17) is 22.3 Å². The largest absolute Gasteiger partial charge is 0.480 e. The minimum atomic E-state index is -1.19. The summed E-state index contributed by atoms with van der Waals surface area (Å²) in [6.07, 6.45) is 1.12. The van der Waals surface area contributed by atoms with E-state index in [0.717, 1.165) is 0 Å². The summed E-state index contributed by atoms with van der Waals surface area (Å²) < 4.78 is 0. The van der Waals surface area contributed by atoms with E-state index in [0.29, 0.717) is 25.8 Å². The molecule has 0 fully saturated rings. The van der Waals surface area contributed by atoms with Gasteiger partial charge in [-0.1, -0.05) is 13.8 Å². The van der Waals surface area contributed by atoms with Crippen LogP contribution in [0.3, 0.4) is 0 Å². The van der Waals surface area contributed by atoms with Crippen LogP contribution in [0, 0.1) is 5.92 Å². The van der Waals surface area contributed by atoms with Gasteiger partial charge < -0.3 is 38.3 Å². The predicted molar refractivity (Wildman–Crippen MR) is 108 cm³/mol. The smallest absolute Gasteiger partial charge is 0.322 e. The van der Waals surface area contributed by atoms with E-state index in [1.165, 1.54) is 6.92 Å². The summed E-state index contributed by atoms with van der Waals surface area (Å²) >= 11 is 0. The molecule has 0 aromatic rings. The van der Waals surface area contributed by atoms with Gasteiger partial charge in [-0.15, -0.1) is 0 Å². The molecule has 0 aromatic heterocycles. The van der Waals surface area contributed by atoms with E-state index in [1.807, 2.05) is 13.8 Å². The maximum Gasteiger partial charge on any atom is 0.322 e. The summed E-state index contributed by atoms with van der Waals surface area (Å²) in [4.78, 5) is 51.0. The Morgan fingerprint density at radius 3 is 2.14 bits per heavy atom. The number of carbonyl (C=O) groups excluding carboxylic acids is 3. The second-order valence-corrected chi connectivity index (χ2v) is 7.09. The highest BCUT2D eigenvalue weighted by Crippen LogP contribution is 2.05. The number of guanidine groups is 1. The van der Waals surface area contributed by atoms with E-state index in [9.17, 15) is 19.2 Å². The number of nitrogens with one attached hydrogen (secondary N) is 3. The molecule has 166 valence electrons. The molecule has 0 radical (unpaired) electrons. The zero-order valence-electron chi connectivity index (χ0n) is 17.1. The number of nitrogens with zero attached hydrogens (tertiary/aromatic N) is 1. The van der Waals surface area contributed by atoms with Gasteiger partial charge in [-0.05, 0) is 32.1 Å². The number of aliphatic carboxylic acids is 1. The molecule has 0 heterocycles. The molecule has 0 aliphatic heterocycles. The van der Waals surface area contributed by atoms with E-state index >= 15 is 0 Å². The third-order valence-corrected chi connectivity index (χ3v) is 3.81. The monoisotopic (exact) mass is 415 g/mol. The van der Waals surface area contributed by atoms with Gasteiger partial charge in [0.1, 0.15) is 18.6 Å². The molecule has 10 N–H and O–H groups in total. The van der Waals surface area contributed by atoms with E-state index in [1.54, 1.807) is 0 Å². The lowest BCUT2D eigenvalue weighted by atomic mass is 10.0. The van der Waals surface area contributed by atoms with E-state index in [-0.39, 0.29) is 11.9 Å². The number of hydrogen-bond donors (Lipinski definition) is 7. The van der Waals surface area contributed by atoms with Gasteiger partial charge in [0.15, 0.2) is 5.96 Å². The standard InChI is InChI=1S/C17H33N7O5/c1-9(2)7-12(16(29)22-8-13(25)26)24-14(27)10(3)23-15(28)11(18)5-4-6-21-17(19)20/h9-12H,4-8,18H2,1-3H3,(H,22,29)(H,23,28)(H,24,27)(H,25,26)(H4,19,20,21). The molecule has 0 saturated carbocycles. The summed E-state index contributed by atoms with van der Waals surface area (Å²) in [5.74, 6) is -2.88. The normalized spacial score (nSPS) is 13.7. The Bertz CT molecular complexity index is 605. The van der Waals surface area contributed by atoms with Gasteiger partial charge in [-0.2, -0.15) is 0 Å². The lowest BCUT2D eigenvalue weighted by molar-refractivity contribution is -0.138. The second-order valence-electron chi connectivity index (χ2n) is 7.09. The minimum Gasteiger partial charge on any atom is -0.480 e. The minimum absolute atomic E-state index is 0.0448. The maximum absolute atomic E-state index is 12.4. The SMILES string of the molecule is CC(C)CC(NC(=O)C(C)NC(=O)C(N)CCCN=C(N)N)C(=O)NCC(=O)O. The van der Waals surface area contributed by atoms with Crippen molar-refractivity contribution in [1.82, 2.24) is 16.0 Å². The molecule has 0 aromatic carbocycles. The molecular weight excluding hydrogens is 382 g/mol. The summed E-state index contributed by atoms with van der Waals surface area (Å²) in [7, 11) is 0. The highest BCUT2D eigenvalue weighted by Gasteiger charge is 2.26. The average molecular weight is 415 g/mol. The Morgan fingerprint density at radius 1 is 1.00 bits per heavy atom. The van der Waals surface area contributed by atoms with Gasteiger partial charge in [0.2, 0.25) is 17.7 Å². The van der Waals surface area contributed by atoms with Crippen LogP contribution in [0.4, 0.5) is 0 Å². The molecule has 0 aliphatic rings. The Labute approximate surface area is 170 Å². The van der Waals surface area contributed by atoms with Crippen molar-refractivity contribution in [2.24, 2.45) is 28.1 Å². The number of carboxylic acids is 1. The van der Waals surface area contributed by atoms with Crippen LogP contribution in [0.2, 0.25) is 0 Å². The average Bonchev–Trinajstić information content (AvgIpc) is 2.61. The number of carboxylic acid groups (broad SMARTS) is 1. The molecule has 12 nitrogen and oxygen atoms in total. The van der Waals surface area contributed by atoms with Gasteiger partial charge in [0, 0.05) is 6.54 Å². The number of hydrogen-bond acceptors (Lipinski definition) is 6. The Balaban J connectivity index is 4.67. The van der Waals surface area contributed by atoms with Crippen LogP contribution in [0.1, 0.15) is 40.0 Å². The van der Waals surface area contributed by atoms with Gasteiger partial charge in [-0.25, -0.2) is 0 Å². The first-order valence-electron chi connectivity index (χ1n) is 9.35. The molecule has 0 aliphatic carbocycles. The highest BCUT2D eigenvalue weighted by atomic mass is 16.4. The van der Waals surface area contributed by atoms with Gasteiger partial charge in [0.05, 0.1) is 6.04 Å². The molecule has 12 heteroatoms. The van der Waals surface area contributed by atoms with E-state index < -0.39 is 48.4 Å². The number of nitrogens with two attached hydrogens (primary N) is 3. The molecule has 0 rings (SSSR count). The molecule has 0 spiro atoms. The fraction of sp³-hybridized carbons (Fsp3) is 0.706. The van der Waals surface area contributed by atoms with Crippen LogP contribution in [0.5, 0.6) is 0 Å². The zero-order chi connectivity index (χ0) is 22.6. The van der Waals surface area contributed by atoms with E-state index in [2.05, 4.69) is 20.9 Å². The van der Waals surface area contributed by atoms with Crippen LogP contribution >= 0.6 is 0 Å². The van der Waals surface area contributed by atoms with Crippen LogP contribution < -0.4 is 33.2 Å². The third-order valence-electron chi connectivity index (χ3n) is 3.81. The van der Waals surface area contributed by atoms with Crippen LogP contribution in [-0.4, -0.2) is 66.0 Å². The topological polar surface area (TPSA) is 215 Å². The van der Waals surface area contributed by atoms with Crippen LogP contribution in [0.15, 0.2) is 4.99 Å². The number of aliphatic imine (C=N–C) groups is 1. The van der Waals surface area contributed by atoms with Gasteiger partial charge in [-0.3, -0.25) is 24.2 Å². The van der Waals surface area contributed by atoms with Crippen molar-refractivity contribution in [3.05, 3.63) is 0 Å². The molecule has 3 unspecified atom stereocenters. The predicted octanol–water partition coefficient (Wildman–Crippen LogP) is -2.40. The van der Waals surface area contributed by atoms with Crippen molar-refractivity contribution in [2.75, 3.05) is 13.1 Å². The number of amides is 3. The van der Waals surface area contributed by atoms with Gasteiger partial charge in [0.25, 0.3) is 0 Å². The summed E-state index contributed by atoms with van der Waals surface area (Å²) in [6.45, 7) is 4.96. The fourth-order valence-corrected chi connectivity index (χ4v) is 2.32. The summed E-state index contributed by atoms with van der Waals surface area (Å²) in [5.41, 5.74) is 16.2. The first-order chi connectivity index (χ1) is 13.4. The summed E-state index contributed by atoms with van der Waals surface area (Å²) in [5, 5.41) is 15.9.